The maximum absolute atomic E-state index is 11.8. The number of hydrogen-bond donors (Lipinski definition) is 2. The van der Waals surface area contributed by atoms with Crippen LogP contribution in [0.25, 0.3) is 0 Å². The summed E-state index contributed by atoms with van der Waals surface area (Å²) in [5.74, 6) is -1.60. The van der Waals surface area contributed by atoms with Crippen LogP contribution in [0.2, 0.25) is 0 Å². The number of likely N-dealkylation sites (tertiary alicyclic amines) is 1. The second-order valence-electron chi connectivity index (χ2n) is 4.61. The lowest BCUT2D eigenvalue weighted by molar-refractivity contribution is -0.131. The summed E-state index contributed by atoms with van der Waals surface area (Å²) in [5.41, 5.74) is 0. The summed E-state index contributed by atoms with van der Waals surface area (Å²) in [4.78, 5) is 35.0. The van der Waals surface area contributed by atoms with Crippen LogP contribution < -0.4 is 5.32 Å². The van der Waals surface area contributed by atoms with E-state index in [0.29, 0.717) is 18.5 Å². The van der Waals surface area contributed by atoms with Gasteiger partial charge in [0.25, 0.3) is 5.91 Å². The first-order valence-electron chi connectivity index (χ1n) is 5.94. The molecule has 1 aliphatic rings. The van der Waals surface area contributed by atoms with Gasteiger partial charge in [-0.25, -0.2) is 9.59 Å². The summed E-state index contributed by atoms with van der Waals surface area (Å²) in [6, 6.07) is -0.313. The summed E-state index contributed by atoms with van der Waals surface area (Å²) in [6.07, 6.45) is 3.40. The van der Waals surface area contributed by atoms with Gasteiger partial charge >= 0.3 is 12.0 Å². The van der Waals surface area contributed by atoms with Gasteiger partial charge in [0.2, 0.25) is 0 Å². The Morgan fingerprint density at radius 2 is 2.00 bits per heavy atom. The molecule has 0 saturated carbocycles. The molecule has 1 heterocycles. The lowest BCUT2D eigenvalue weighted by Gasteiger charge is -2.27. The van der Waals surface area contributed by atoms with Gasteiger partial charge in [0, 0.05) is 24.7 Å². The number of urea groups is 1. The Morgan fingerprint density at radius 1 is 1.33 bits per heavy atom. The van der Waals surface area contributed by atoms with Gasteiger partial charge in [0.05, 0.1) is 0 Å². The number of carbonyl (C=O) groups excluding carboxylic acids is 2. The highest BCUT2D eigenvalue weighted by Crippen LogP contribution is 2.23. The Morgan fingerprint density at radius 3 is 2.56 bits per heavy atom. The number of imide groups is 1. The lowest BCUT2D eigenvalue weighted by Crippen LogP contribution is -2.46. The molecule has 1 unspecified atom stereocenters. The summed E-state index contributed by atoms with van der Waals surface area (Å²) in [6.45, 7) is 4.69. The third kappa shape index (κ3) is 3.87. The van der Waals surface area contributed by atoms with E-state index in [4.69, 9.17) is 5.11 Å². The topological polar surface area (TPSA) is 86.7 Å². The van der Waals surface area contributed by atoms with E-state index in [9.17, 15) is 14.4 Å². The largest absolute Gasteiger partial charge is 0.478 e. The second-order valence-corrected chi connectivity index (χ2v) is 4.61. The normalized spacial score (nSPS) is 19.5. The van der Waals surface area contributed by atoms with E-state index >= 15 is 0 Å². The van der Waals surface area contributed by atoms with Crippen LogP contribution in [-0.4, -0.2) is 40.5 Å². The summed E-state index contributed by atoms with van der Waals surface area (Å²) in [7, 11) is 0. The molecule has 0 aromatic rings. The number of nitrogens with zero attached hydrogens (tertiary/aromatic N) is 1. The van der Waals surface area contributed by atoms with Crippen molar-refractivity contribution in [3.8, 4) is 0 Å². The van der Waals surface area contributed by atoms with Gasteiger partial charge in [-0.1, -0.05) is 13.8 Å². The average molecular weight is 254 g/mol. The molecule has 6 nitrogen and oxygen atoms in total. The van der Waals surface area contributed by atoms with Crippen molar-refractivity contribution in [1.29, 1.82) is 0 Å². The van der Waals surface area contributed by atoms with Crippen LogP contribution in [0.4, 0.5) is 4.79 Å². The molecule has 0 aromatic carbocycles. The van der Waals surface area contributed by atoms with Crippen molar-refractivity contribution in [1.82, 2.24) is 10.2 Å². The van der Waals surface area contributed by atoms with Crippen LogP contribution in [0.5, 0.6) is 0 Å². The van der Waals surface area contributed by atoms with E-state index in [-0.39, 0.29) is 6.04 Å². The minimum Gasteiger partial charge on any atom is -0.478 e. The molecule has 18 heavy (non-hydrogen) atoms. The molecule has 1 atom stereocenters. The van der Waals surface area contributed by atoms with Crippen LogP contribution in [0.3, 0.4) is 0 Å². The fourth-order valence-corrected chi connectivity index (χ4v) is 2.10. The summed E-state index contributed by atoms with van der Waals surface area (Å²) in [5, 5.41) is 10.5. The highest BCUT2D eigenvalue weighted by molar-refractivity contribution is 6.02. The number of hydrogen-bond acceptors (Lipinski definition) is 3. The van der Waals surface area contributed by atoms with Gasteiger partial charge in [0.1, 0.15) is 0 Å². The molecular formula is C12H18N2O4. The Bertz CT molecular complexity index is 376. The molecule has 0 spiro atoms. The first kappa shape index (κ1) is 14.2. The minimum atomic E-state index is -1.22. The third-order valence-corrected chi connectivity index (χ3v) is 2.94. The number of carboxylic acid groups (broad SMARTS) is 1. The predicted molar refractivity (Wildman–Crippen MR) is 64.9 cm³/mol. The highest BCUT2D eigenvalue weighted by Gasteiger charge is 2.31. The standard InChI is InChI=1S/C12H18N2O4/c1-8(2)9-4-3-7-14(9)12(18)13-10(15)5-6-11(16)17/h5-6,8-9H,3-4,7H2,1-2H3,(H,16,17)(H,13,15,18). The van der Waals surface area contributed by atoms with Crippen molar-refractivity contribution in [3.05, 3.63) is 12.2 Å². The Hall–Kier alpha value is -1.85. The first-order chi connectivity index (χ1) is 8.41. The molecular weight excluding hydrogens is 236 g/mol. The van der Waals surface area contributed by atoms with Crippen molar-refractivity contribution in [3.63, 3.8) is 0 Å². The fraction of sp³-hybridized carbons (Fsp3) is 0.583. The van der Waals surface area contributed by atoms with Gasteiger partial charge in [0.15, 0.2) is 0 Å². The Labute approximate surface area is 106 Å². The molecule has 6 heteroatoms. The minimum absolute atomic E-state index is 0.140. The predicted octanol–water partition coefficient (Wildman–Crippen LogP) is 0.984. The summed E-state index contributed by atoms with van der Waals surface area (Å²) >= 11 is 0. The zero-order valence-corrected chi connectivity index (χ0v) is 10.5. The zero-order chi connectivity index (χ0) is 13.7. The number of aliphatic carboxylic acids is 1. The average Bonchev–Trinajstić information content (AvgIpc) is 2.75. The quantitative estimate of drug-likeness (QED) is 0.735. The second kappa shape index (κ2) is 6.18. The lowest BCUT2D eigenvalue weighted by atomic mass is 10.0. The van der Waals surface area contributed by atoms with Gasteiger partial charge in [-0.05, 0) is 18.8 Å². The number of rotatable bonds is 3. The van der Waals surface area contributed by atoms with E-state index in [1.54, 1.807) is 4.90 Å². The molecule has 0 aliphatic carbocycles. The van der Waals surface area contributed by atoms with E-state index in [1.807, 2.05) is 13.8 Å². The van der Waals surface area contributed by atoms with E-state index in [1.165, 1.54) is 0 Å². The molecule has 0 bridgehead atoms. The van der Waals surface area contributed by atoms with Gasteiger partial charge in [-0.15, -0.1) is 0 Å². The molecule has 1 fully saturated rings. The van der Waals surface area contributed by atoms with Crippen LogP contribution in [0.1, 0.15) is 26.7 Å². The van der Waals surface area contributed by atoms with Crippen LogP contribution in [0, 0.1) is 5.92 Å². The summed E-state index contributed by atoms with van der Waals surface area (Å²) < 4.78 is 0. The molecule has 0 radical (unpaired) electrons. The van der Waals surface area contributed by atoms with E-state index < -0.39 is 17.9 Å². The molecule has 100 valence electrons. The van der Waals surface area contributed by atoms with Crippen molar-refractivity contribution in [2.75, 3.05) is 6.54 Å². The molecule has 1 saturated heterocycles. The Balaban J connectivity index is 2.55. The number of carbonyl (C=O) groups is 3. The van der Waals surface area contributed by atoms with Crippen molar-refractivity contribution in [2.45, 2.75) is 32.7 Å². The van der Waals surface area contributed by atoms with Gasteiger partial charge in [-0.3, -0.25) is 10.1 Å². The molecule has 1 aliphatic heterocycles. The van der Waals surface area contributed by atoms with Crippen LogP contribution in [-0.2, 0) is 9.59 Å². The SMILES string of the molecule is CC(C)C1CCCN1C(=O)NC(=O)C=CC(=O)O. The van der Waals surface area contributed by atoms with Crippen LogP contribution in [0.15, 0.2) is 12.2 Å². The molecule has 2 N–H and O–H groups in total. The number of carboxylic acids is 1. The maximum atomic E-state index is 11.8. The van der Waals surface area contributed by atoms with Crippen molar-refractivity contribution >= 4 is 17.9 Å². The smallest absolute Gasteiger partial charge is 0.328 e. The van der Waals surface area contributed by atoms with E-state index in [2.05, 4.69) is 5.32 Å². The maximum Gasteiger partial charge on any atom is 0.328 e. The molecule has 0 aromatic heterocycles. The number of nitrogens with one attached hydrogen (secondary N) is 1. The highest BCUT2D eigenvalue weighted by atomic mass is 16.4. The third-order valence-electron chi connectivity index (χ3n) is 2.94. The van der Waals surface area contributed by atoms with Crippen LogP contribution >= 0.6 is 0 Å². The fourth-order valence-electron chi connectivity index (χ4n) is 2.10. The van der Waals surface area contributed by atoms with Crippen molar-refractivity contribution < 1.29 is 19.5 Å². The molecule has 3 amide bonds. The first-order valence-corrected chi connectivity index (χ1v) is 5.94. The van der Waals surface area contributed by atoms with E-state index in [0.717, 1.165) is 18.9 Å². The Kier molecular flexibility index (Phi) is 4.88. The monoisotopic (exact) mass is 254 g/mol. The van der Waals surface area contributed by atoms with Crippen molar-refractivity contribution in [2.24, 2.45) is 5.92 Å². The van der Waals surface area contributed by atoms with Gasteiger partial charge in [-0.2, -0.15) is 0 Å². The van der Waals surface area contributed by atoms with Gasteiger partial charge < -0.3 is 10.0 Å². The number of amides is 3. The zero-order valence-electron chi connectivity index (χ0n) is 10.5. The molecule has 1 rings (SSSR count).